The third-order valence-electron chi connectivity index (χ3n) is 3.06. The van der Waals surface area contributed by atoms with Crippen LogP contribution in [0.15, 0.2) is 41.4 Å². The largest absolute Gasteiger partial charge is 0.330 e. The quantitative estimate of drug-likeness (QED) is 0.781. The summed E-state index contributed by atoms with van der Waals surface area (Å²) < 4.78 is 2.21. The van der Waals surface area contributed by atoms with E-state index >= 15 is 0 Å². The van der Waals surface area contributed by atoms with E-state index in [1.807, 2.05) is 12.3 Å². The Balaban J connectivity index is 2.05. The molecule has 0 aliphatic heterocycles. The molecule has 0 amide bonds. The van der Waals surface area contributed by atoms with Crippen LogP contribution in [-0.2, 0) is 13.0 Å². The van der Waals surface area contributed by atoms with Gasteiger partial charge in [0.25, 0.3) is 0 Å². The van der Waals surface area contributed by atoms with Crippen molar-refractivity contribution in [2.45, 2.75) is 13.0 Å². The van der Waals surface area contributed by atoms with Crippen LogP contribution in [-0.4, -0.2) is 16.1 Å². The van der Waals surface area contributed by atoms with Gasteiger partial charge in [0.15, 0.2) is 0 Å². The maximum atomic E-state index is 5.67. The van der Waals surface area contributed by atoms with E-state index < -0.39 is 0 Å². The minimum atomic E-state index is 0.673. The Morgan fingerprint density at radius 3 is 3.06 bits per heavy atom. The molecule has 0 bridgehead atoms. The molecule has 0 saturated carbocycles. The topological polar surface area (TPSA) is 43.8 Å². The molecule has 18 heavy (non-hydrogen) atoms. The van der Waals surface area contributed by atoms with Crippen LogP contribution in [0.3, 0.4) is 0 Å². The second-order valence-corrected chi connectivity index (χ2v) is 5.11. The second kappa shape index (κ2) is 4.92. The Labute approximate surface area is 110 Å². The van der Waals surface area contributed by atoms with Gasteiger partial charge in [-0.05, 0) is 53.1 Å². The first-order chi connectivity index (χ1) is 8.88. The summed E-state index contributed by atoms with van der Waals surface area (Å²) >= 11 is 1.73. The highest BCUT2D eigenvalue weighted by atomic mass is 32.1. The first-order valence-corrected chi connectivity index (χ1v) is 6.96. The number of pyridine rings is 1. The van der Waals surface area contributed by atoms with Crippen LogP contribution in [0, 0.1) is 0 Å². The fourth-order valence-corrected chi connectivity index (χ4v) is 2.91. The third kappa shape index (κ3) is 2.05. The Bertz CT molecular complexity index is 640. The highest BCUT2D eigenvalue weighted by molar-refractivity contribution is 7.07. The molecule has 0 spiro atoms. The summed E-state index contributed by atoms with van der Waals surface area (Å²) in [5.41, 5.74) is 9.33. The molecule has 3 aromatic rings. The van der Waals surface area contributed by atoms with Gasteiger partial charge in [-0.3, -0.25) is 0 Å². The average molecular weight is 257 g/mol. The predicted molar refractivity (Wildman–Crippen MR) is 75.9 cm³/mol. The minimum absolute atomic E-state index is 0.673. The van der Waals surface area contributed by atoms with Crippen molar-refractivity contribution in [3.05, 3.63) is 52.5 Å². The Morgan fingerprint density at radius 1 is 1.33 bits per heavy atom. The number of nitrogens with two attached hydrogens (primary N) is 1. The molecule has 0 aliphatic rings. The molecule has 3 heterocycles. The molecule has 2 N–H and O–H groups in total. The van der Waals surface area contributed by atoms with Crippen LogP contribution in [0.4, 0.5) is 0 Å². The fraction of sp³-hybridized carbons (Fsp3) is 0.214. The maximum absolute atomic E-state index is 5.67. The van der Waals surface area contributed by atoms with E-state index in [1.54, 1.807) is 11.3 Å². The second-order valence-electron chi connectivity index (χ2n) is 4.33. The van der Waals surface area contributed by atoms with Crippen LogP contribution in [0.25, 0.3) is 11.0 Å². The summed E-state index contributed by atoms with van der Waals surface area (Å²) in [6.07, 6.45) is 4.93. The van der Waals surface area contributed by atoms with Gasteiger partial charge in [0.1, 0.15) is 5.65 Å². The molecular formula is C14H15N3S. The Hall–Kier alpha value is -1.65. The van der Waals surface area contributed by atoms with Gasteiger partial charge in [0, 0.05) is 24.3 Å². The van der Waals surface area contributed by atoms with Gasteiger partial charge in [0.2, 0.25) is 0 Å². The molecule has 0 unspecified atom stereocenters. The molecule has 3 nitrogen and oxygen atoms in total. The van der Waals surface area contributed by atoms with Gasteiger partial charge >= 0.3 is 0 Å². The Morgan fingerprint density at radius 2 is 2.28 bits per heavy atom. The molecule has 0 fully saturated rings. The van der Waals surface area contributed by atoms with Crippen LogP contribution >= 0.6 is 11.3 Å². The van der Waals surface area contributed by atoms with Crippen LogP contribution < -0.4 is 5.73 Å². The average Bonchev–Trinajstić information content (AvgIpc) is 3.00. The molecule has 0 aromatic carbocycles. The summed E-state index contributed by atoms with van der Waals surface area (Å²) in [5, 5.41) is 5.50. The van der Waals surface area contributed by atoms with Crippen molar-refractivity contribution >= 4 is 22.4 Å². The maximum Gasteiger partial charge on any atom is 0.140 e. The summed E-state index contributed by atoms with van der Waals surface area (Å²) in [6, 6.07) is 6.26. The number of aromatic nitrogens is 2. The van der Waals surface area contributed by atoms with Gasteiger partial charge < -0.3 is 10.3 Å². The Kier molecular flexibility index (Phi) is 3.13. The lowest BCUT2D eigenvalue weighted by Crippen LogP contribution is -2.02. The van der Waals surface area contributed by atoms with Crippen LogP contribution in [0.2, 0.25) is 0 Å². The fourth-order valence-electron chi connectivity index (χ4n) is 2.25. The van der Waals surface area contributed by atoms with Gasteiger partial charge in [-0.25, -0.2) is 4.98 Å². The molecule has 0 radical (unpaired) electrons. The zero-order valence-electron chi connectivity index (χ0n) is 10.0. The van der Waals surface area contributed by atoms with Crippen LogP contribution in [0.5, 0.6) is 0 Å². The number of hydrogen-bond donors (Lipinski definition) is 1. The van der Waals surface area contributed by atoms with Crippen molar-refractivity contribution in [3.63, 3.8) is 0 Å². The third-order valence-corrected chi connectivity index (χ3v) is 3.80. The SMILES string of the molecule is NCCc1cn(Cc2ccsc2)c2ncccc12. The normalized spacial score (nSPS) is 11.2. The van der Waals surface area contributed by atoms with Crippen molar-refractivity contribution in [3.8, 4) is 0 Å². The van der Waals surface area contributed by atoms with Crippen molar-refractivity contribution in [2.75, 3.05) is 6.54 Å². The monoisotopic (exact) mass is 257 g/mol. The zero-order valence-corrected chi connectivity index (χ0v) is 10.9. The van der Waals surface area contributed by atoms with E-state index in [9.17, 15) is 0 Å². The molecule has 0 aliphatic carbocycles. The molecule has 92 valence electrons. The van der Waals surface area contributed by atoms with Gasteiger partial charge in [-0.1, -0.05) is 0 Å². The lowest BCUT2D eigenvalue weighted by atomic mass is 10.2. The minimum Gasteiger partial charge on any atom is -0.330 e. The number of hydrogen-bond acceptors (Lipinski definition) is 3. The summed E-state index contributed by atoms with van der Waals surface area (Å²) in [4.78, 5) is 4.49. The first-order valence-electron chi connectivity index (χ1n) is 6.02. The summed E-state index contributed by atoms with van der Waals surface area (Å²) in [7, 11) is 0. The number of thiophene rings is 1. The van der Waals surface area contributed by atoms with Crippen LogP contribution in [0.1, 0.15) is 11.1 Å². The highest BCUT2D eigenvalue weighted by Crippen LogP contribution is 2.21. The zero-order chi connectivity index (χ0) is 12.4. The highest BCUT2D eigenvalue weighted by Gasteiger charge is 2.08. The number of nitrogens with zero attached hydrogens (tertiary/aromatic N) is 2. The summed E-state index contributed by atoms with van der Waals surface area (Å²) in [6.45, 7) is 1.55. The molecule has 0 atom stereocenters. The predicted octanol–water partition coefficient (Wildman–Crippen LogP) is 2.65. The van der Waals surface area contributed by atoms with Crippen molar-refractivity contribution in [1.29, 1.82) is 0 Å². The number of fused-ring (bicyclic) bond motifs is 1. The van der Waals surface area contributed by atoms with Crippen molar-refractivity contribution in [2.24, 2.45) is 5.73 Å². The van der Waals surface area contributed by atoms with Gasteiger partial charge in [-0.15, -0.1) is 0 Å². The molecule has 0 saturated heterocycles. The molecule has 4 heteroatoms. The first kappa shape index (κ1) is 11.4. The van der Waals surface area contributed by atoms with E-state index in [4.69, 9.17) is 5.73 Å². The van der Waals surface area contributed by atoms with E-state index in [-0.39, 0.29) is 0 Å². The number of rotatable bonds is 4. The smallest absolute Gasteiger partial charge is 0.140 e. The summed E-state index contributed by atoms with van der Waals surface area (Å²) in [5.74, 6) is 0. The van der Waals surface area contributed by atoms with Gasteiger partial charge in [0.05, 0.1) is 0 Å². The van der Waals surface area contributed by atoms with E-state index in [1.165, 1.54) is 16.5 Å². The van der Waals surface area contributed by atoms with E-state index in [0.717, 1.165) is 18.6 Å². The molecular weight excluding hydrogens is 242 g/mol. The van der Waals surface area contributed by atoms with Crippen molar-refractivity contribution in [1.82, 2.24) is 9.55 Å². The lowest BCUT2D eigenvalue weighted by molar-refractivity contribution is 0.820. The molecule has 3 aromatic heterocycles. The lowest BCUT2D eigenvalue weighted by Gasteiger charge is -2.01. The van der Waals surface area contributed by atoms with Gasteiger partial charge in [-0.2, -0.15) is 11.3 Å². The standard InChI is InChI=1S/C14H15N3S/c15-5-3-12-9-17(8-11-4-7-18-10-11)14-13(12)2-1-6-16-14/h1-2,4,6-7,9-10H,3,5,8,15H2. The van der Waals surface area contributed by atoms with E-state index in [2.05, 4.69) is 38.6 Å². The molecule has 3 rings (SSSR count). The van der Waals surface area contributed by atoms with Crippen molar-refractivity contribution < 1.29 is 0 Å². The van der Waals surface area contributed by atoms with E-state index in [0.29, 0.717) is 6.54 Å².